The standard InChI is InChI=1S/C28H42N4O3/c1-16(2)22(29-7)14-25-18(4)21(11-12-27(33)35-10)28(32-25)19(5)24-13-17(3)23(31-24)15-26(30-8)20(6)34-9/h13-15,18,20-21,29,31H,11-12H2,1-10H3/b23-15-,24-19-,25-14-,30-26-/t18-,20?,21-/m0/s1. The summed E-state index contributed by atoms with van der Waals surface area (Å²) >= 11 is 0. The predicted molar refractivity (Wildman–Crippen MR) is 145 cm³/mol. The number of aromatic amines is 1. The Kier molecular flexibility index (Phi) is 10.3. The Morgan fingerprint density at radius 1 is 1.29 bits per heavy atom. The van der Waals surface area contributed by atoms with Gasteiger partial charge in [0.2, 0.25) is 0 Å². The fraction of sp³-hybridized carbons (Fsp3) is 0.536. The molecule has 1 aliphatic heterocycles. The van der Waals surface area contributed by atoms with Crippen LogP contribution in [0.2, 0.25) is 0 Å². The lowest BCUT2D eigenvalue weighted by Gasteiger charge is -2.18. The number of allylic oxidation sites excluding steroid dienone is 3. The van der Waals surface area contributed by atoms with E-state index in [-0.39, 0.29) is 23.9 Å². The highest BCUT2D eigenvalue weighted by atomic mass is 16.5. The third-order valence-electron chi connectivity index (χ3n) is 6.82. The van der Waals surface area contributed by atoms with E-state index in [1.807, 2.05) is 20.0 Å². The molecule has 2 N–H and O–H groups in total. The molecule has 0 fully saturated rings. The molecule has 2 rings (SSSR count). The zero-order chi connectivity index (χ0) is 26.3. The Labute approximate surface area is 209 Å². The maximum absolute atomic E-state index is 11.9. The first-order chi connectivity index (χ1) is 16.6. The molecule has 1 aromatic heterocycles. The summed E-state index contributed by atoms with van der Waals surface area (Å²) in [5.41, 5.74) is 7.36. The molecule has 1 unspecified atom stereocenters. The molecule has 7 nitrogen and oxygen atoms in total. The predicted octanol–water partition coefficient (Wildman–Crippen LogP) is 3.44. The summed E-state index contributed by atoms with van der Waals surface area (Å²) in [6.45, 7) is 12.5. The average Bonchev–Trinajstić information content (AvgIpc) is 3.36. The molecule has 1 aliphatic rings. The first-order valence-corrected chi connectivity index (χ1v) is 12.2. The van der Waals surface area contributed by atoms with Crippen molar-refractivity contribution in [2.75, 3.05) is 28.3 Å². The van der Waals surface area contributed by atoms with Crippen LogP contribution in [0.1, 0.15) is 53.0 Å². The summed E-state index contributed by atoms with van der Waals surface area (Å²) in [5, 5.41) is 5.28. The quantitative estimate of drug-likeness (QED) is 0.417. The first kappa shape index (κ1) is 28.3. The minimum Gasteiger partial charge on any atom is -0.469 e. The van der Waals surface area contributed by atoms with Crippen LogP contribution < -0.4 is 16.0 Å². The Morgan fingerprint density at radius 3 is 2.51 bits per heavy atom. The molecule has 1 aromatic rings. The number of hydrogen-bond donors (Lipinski definition) is 2. The minimum atomic E-state index is -0.196. The summed E-state index contributed by atoms with van der Waals surface area (Å²) in [4.78, 5) is 25.0. The molecule has 0 aliphatic carbocycles. The van der Waals surface area contributed by atoms with Gasteiger partial charge in [0.1, 0.15) is 0 Å². The van der Waals surface area contributed by atoms with Crippen LogP contribution >= 0.6 is 0 Å². The Hall–Kier alpha value is -2.93. The summed E-state index contributed by atoms with van der Waals surface area (Å²) in [7, 11) is 6.82. The summed E-state index contributed by atoms with van der Waals surface area (Å²) in [6, 6.07) is 2.15. The second kappa shape index (κ2) is 12.7. The van der Waals surface area contributed by atoms with Crippen molar-refractivity contribution in [2.24, 2.45) is 21.8 Å². The highest BCUT2D eigenvalue weighted by molar-refractivity contribution is 6.20. The van der Waals surface area contributed by atoms with Crippen molar-refractivity contribution in [3.8, 4) is 0 Å². The minimum absolute atomic E-state index is 0.0943. The monoisotopic (exact) mass is 482 g/mol. The number of methoxy groups -OCH3 is 2. The summed E-state index contributed by atoms with van der Waals surface area (Å²) in [6.07, 6.45) is 5.11. The second-order valence-corrected chi connectivity index (χ2v) is 9.32. The van der Waals surface area contributed by atoms with Crippen LogP contribution in [0, 0.1) is 18.8 Å². The van der Waals surface area contributed by atoms with E-state index in [0.717, 1.165) is 44.7 Å². The number of aliphatic imine (C=N–C) groups is 2. The Balaban J connectivity index is 2.64. The molecule has 192 valence electrons. The van der Waals surface area contributed by atoms with Crippen molar-refractivity contribution in [2.45, 2.75) is 60.5 Å². The average molecular weight is 483 g/mol. The zero-order valence-corrected chi connectivity index (χ0v) is 23.0. The number of rotatable bonds is 9. The number of carbonyl (C=O) groups is 1. The molecular weight excluding hydrogens is 440 g/mol. The molecular formula is C28H42N4O3. The van der Waals surface area contributed by atoms with Gasteiger partial charge in [0.15, 0.2) is 0 Å². The molecule has 3 atom stereocenters. The van der Waals surface area contributed by atoms with Crippen molar-refractivity contribution >= 4 is 29.0 Å². The van der Waals surface area contributed by atoms with E-state index in [9.17, 15) is 4.79 Å². The first-order valence-electron chi connectivity index (χ1n) is 12.2. The van der Waals surface area contributed by atoms with Crippen molar-refractivity contribution in [3.05, 3.63) is 45.4 Å². The number of nitrogens with zero attached hydrogens (tertiary/aromatic N) is 2. The number of esters is 1. The third kappa shape index (κ3) is 6.82. The smallest absolute Gasteiger partial charge is 0.305 e. The van der Waals surface area contributed by atoms with E-state index in [2.05, 4.69) is 62.1 Å². The van der Waals surface area contributed by atoms with Crippen LogP contribution in [-0.4, -0.2) is 56.8 Å². The number of carbonyl (C=O) groups excluding carboxylic acids is 1. The molecule has 2 heterocycles. The molecule has 0 radical (unpaired) electrons. The maximum Gasteiger partial charge on any atom is 0.305 e. The molecule has 35 heavy (non-hydrogen) atoms. The normalized spacial score (nSPS) is 21.7. The molecule has 7 heteroatoms. The van der Waals surface area contributed by atoms with Crippen LogP contribution in [0.4, 0.5) is 0 Å². The molecule has 0 amide bonds. The maximum atomic E-state index is 11.9. The third-order valence-corrected chi connectivity index (χ3v) is 6.82. The fourth-order valence-corrected chi connectivity index (χ4v) is 4.37. The van der Waals surface area contributed by atoms with Gasteiger partial charge in [0, 0.05) is 67.3 Å². The molecule has 0 aromatic carbocycles. The summed E-state index contributed by atoms with van der Waals surface area (Å²) < 4.78 is 10.4. The Morgan fingerprint density at radius 2 is 1.97 bits per heavy atom. The topological polar surface area (TPSA) is 88.1 Å². The number of hydrogen-bond acceptors (Lipinski definition) is 6. The molecule has 0 spiro atoms. The van der Waals surface area contributed by atoms with E-state index in [0.29, 0.717) is 12.8 Å². The van der Waals surface area contributed by atoms with E-state index in [4.69, 9.17) is 14.5 Å². The van der Waals surface area contributed by atoms with E-state index in [1.54, 1.807) is 14.2 Å². The van der Waals surface area contributed by atoms with Gasteiger partial charge in [-0.1, -0.05) is 12.5 Å². The van der Waals surface area contributed by atoms with Gasteiger partial charge in [0.05, 0.1) is 18.9 Å². The van der Waals surface area contributed by atoms with E-state index in [1.165, 1.54) is 12.7 Å². The van der Waals surface area contributed by atoms with Gasteiger partial charge in [-0.05, 0) is 70.4 Å². The van der Waals surface area contributed by atoms with E-state index < -0.39 is 0 Å². The van der Waals surface area contributed by atoms with Gasteiger partial charge in [-0.15, -0.1) is 0 Å². The Bertz CT molecular complexity index is 1160. The molecule has 0 bridgehead atoms. The fourth-order valence-electron chi connectivity index (χ4n) is 4.37. The van der Waals surface area contributed by atoms with Crippen LogP contribution in [0.3, 0.4) is 0 Å². The van der Waals surface area contributed by atoms with Gasteiger partial charge in [-0.2, -0.15) is 0 Å². The lowest BCUT2D eigenvalue weighted by Crippen LogP contribution is -2.24. The molecule has 0 saturated carbocycles. The van der Waals surface area contributed by atoms with Crippen LogP contribution in [0.5, 0.6) is 0 Å². The van der Waals surface area contributed by atoms with Crippen LogP contribution in [-0.2, 0) is 14.3 Å². The lowest BCUT2D eigenvalue weighted by atomic mass is 9.84. The van der Waals surface area contributed by atoms with Gasteiger partial charge in [0.25, 0.3) is 0 Å². The van der Waals surface area contributed by atoms with Gasteiger partial charge < -0.3 is 19.8 Å². The van der Waals surface area contributed by atoms with Crippen molar-refractivity contribution < 1.29 is 14.3 Å². The van der Waals surface area contributed by atoms with Crippen molar-refractivity contribution in [1.29, 1.82) is 0 Å². The van der Waals surface area contributed by atoms with Crippen LogP contribution in [0.15, 0.2) is 39.1 Å². The number of likely N-dealkylation sites (N-methyl/N-ethyl adjacent to an activating group) is 1. The van der Waals surface area contributed by atoms with Gasteiger partial charge in [-0.25, -0.2) is 0 Å². The lowest BCUT2D eigenvalue weighted by molar-refractivity contribution is -0.140. The van der Waals surface area contributed by atoms with Crippen LogP contribution in [0.25, 0.3) is 11.6 Å². The largest absolute Gasteiger partial charge is 0.469 e. The van der Waals surface area contributed by atoms with Crippen molar-refractivity contribution in [3.63, 3.8) is 0 Å². The molecule has 0 saturated heterocycles. The van der Waals surface area contributed by atoms with Crippen molar-refractivity contribution in [1.82, 2.24) is 10.3 Å². The number of aromatic nitrogens is 1. The zero-order valence-electron chi connectivity index (χ0n) is 23.0. The van der Waals surface area contributed by atoms with Gasteiger partial charge in [-0.3, -0.25) is 14.8 Å². The van der Waals surface area contributed by atoms with Gasteiger partial charge >= 0.3 is 5.97 Å². The van der Waals surface area contributed by atoms with E-state index >= 15 is 0 Å². The number of nitrogens with one attached hydrogen (secondary N) is 2. The number of ether oxygens (including phenoxy) is 2. The number of aryl methyl sites for hydroxylation is 1. The second-order valence-electron chi connectivity index (χ2n) is 9.32. The highest BCUT2D eigenvalue weighted by Crippen LogP contribution is 2.37. The SMILES string of the molecule is C/N=C(/C=c1\[nH]/c(=C(/C)C2=N/C(=C\C(NC)=C(C)C)[C@@H](C)[C@@H]2CCC(=O)OC)cc1C)C(C)OC. The summed E-state index contributed by atoms with van der Waals surface area (Å²) in [5.74, 6) is 0.0989. The number of H-pyrrole nitrogens is 1. The highest BCUT2D eigenvalue weighted by Gasteiger charge is 2.33.